The summed E-state index contributed by atoms with van der Waals surface area (Å²) in [5.74, 6) is 4.04. The van der Waals surface area contributed by atoms with Crippen LogP contribution in [0.1, 0.15) is 130 Å². The van der Waals surface area contributed by atoms with Gasteiger partial charge in [0.15, 0.2) is 0 Å². The van der Waals surface area contributed by atoms with Gasteiger partial charge in [-0.1, -0.05) is 46.5 Å². The molecule has 2 aliphatic heterocycles. The summed E-state index contributed by atoms with van der Waals surface area (Å²) in [6.45, 7) is 13.7. The Morgan fingerprint density at radius 3 is 2.12 bits per heavy atom. The Hall–Kier alpha value is -0.0800. The van der Waals surface area contributed by atoms with E-state index in [1.54, 1.807) is 25.7 Å². The Morgan fingerprint density at radius 1 is 0.676 bits per heavy atom. The van der Waals surface area contributed by atoms with Crippen molar-refractivity contribution in [3.05, 3.63) is 0 Å². The number of nitrogens with zero attached hydrogens (tertiary/aromatic N) is 2. The van der Waals surface area contributed by atoms with Crippen molar-refractivity contribution in [3.8, 4) is 0 Å². The van der Waals surface area contributed by atoms with Crippen molar-refractivity contribution in [1.29, 1.82) is 0 Å². The third-order valence-electron chi connectivity index (χ3n) is 13.4. The van der Waals surface area contributed by atoms with Crippen molar-refractivity contribution >= 4 is 0 Å². The lowest BCUT2D eigenvalue weighted by atomic mass is 9.39. The molecule has 0 radical (unpaired) electrons. The molecule has 2 heterocycles. The largest absolute Gasteiger partial charge is 0.299 e. The van der Waals surface area contributed by atoms with Gasteiger partial charge in [-0.15, -0.1) is 0 Å². The predicted molar refractivity (Wildman–Crippen MR) is 144 cm³/mol. The van der Waals surface area contributed by atoms with Crippen LogP contribution in [-0.2, 0) is 0 Å². The summed E-state index contributed by atoms with van der Waals surface area (Å²) in [5.41, 5.74) is 1.63. The summed E-state index contributed by atoms with van der Waals surface area (Å²) >= 11 is 0. The van der Waals surface area contributed by atoms with E-state index in [4.69, 9.17) is 0 Å². The molecule has 0 aromatic rings. The van der Waals surface area contributed by atoms with Crippen molar-refractivity contribution < 1.29 is 0 Å². The summed E-state index contributed by atoms with van der Waals surface area (Å²) in [5, 5.41) is 0. The van der Waals surface area contributed by atoms with E-state index in [1.807, 2.05) is 0 Å². The molecule has 2 heteroatoms. The maximum atomic E-state index is 3.19. The molecular formula is C32H56N2. The predicted octanol–water partition coefficient (Wildman–Crippen LogP) is 7.91. The minimum absolute atomic E-state index is 0.429. The zero-order valence-electron chi connectivity index (χ0n) is 23.1. The number of fused-ring (bicyclic) bond motifs is 5. The van der Waals surface area contributed by atoms with Gasteiger partial charge in [0.05, 0.1) is 0 Å². The average molecular weight is 469 g/mol. The van der Waals surface area contributed by atoms with E-state index in [1.165, 1.54) is 110 Å². The fourth-order valence-corrected chi connectivity index (χ4v) is 12.1. The molecule has 34 heavy (non-hydrogen) atoms. The van der Waals surface area contributed by atoms with Crippen LogP contribution in [0.4, 0.5) is 0 Å². The highest BCUT2D eigenvalue weighted by Gasteiger charge is 2.68. The van der Waals surface area contributed by atoms with E-state index in [2.05, 4.69) is 30.6 Å². The molecule has 4 aliphatic carbocycles. The number of hydrogen-bond acceptors (Lipinski definition) is 2. The van der Waals surface area contributed by atoms with Gasteiger partial charge in [-0.25, -0.2) is 0 Å². The minimum Gasteiger partial charge on any atom is -0.299 e. The quantitative estimate of drug-likeness (QED) is 0.413. The van der Waals surface area contributed by atoms with Crippen molar-refractivity contribution in [2.24, 2.45) is 34.5 Å². The first-order chi connectivity index (χ1) is 16.5. The minimum atomic E-state index is 0.429. The fourth-order valence-electron chi connectivity index (χ4n) is 12.1. The lowest BCUT2D eigenvalue weighted by Crippen LogP contribution is -2.76. The lowest BCUT2D eigenvalue weighted by molar-refractivity contribution is -0.215. The van der Waals surface area contributed by atoms with Gasteiger partial charge in [0.1, 0.15) is 0 Å². The summed E-state index contributed by atoms with van der Waals surface area (Å²) in [7, 11) is 0. The van der Waals surface area contributed by atoms with Gasteiger partial charge in [-0.2, -0.15) is 0 Å². The van der Waals surface area contributed by atoms with Crippen LogP contribution in [0.15, 0.2) is 0 Å². The molecule has 6 fully saturated rings. The molecule has 2 saturated heterocycles. The number of piperidine rings is 2. The first kappa shape index (κ1) is 24.3. The Labute approximate surface area is 212 Å². The van der Waals surface area contributed by atoms with E-state index in [0.717, 1.165) is 29.7 Å². The normalized spacial score (nSPS) is 49.1. The van der Waals surface area contributed by atoms with E-state index in [9.17, 15) is 0 Å². The van der Waals surface area contributed by atoms with Gasteiger partial charge in [0.2, 0.25) is 0 Å². The van der Waals surface area contributed by atoms with Crippen LogP contribution in [-0.4, -0.2) is 47.6 Å². The molecule has 0 bridgehead atoms. The Morgan fingerprint density at radius 2 is 1.38 bits per heavy atom. The molecular weight excluding hydrogens is 412 g/mol. The summed E-state index contributed by atoms with van der Waals surface area (Å²) in [6.07, 6.45) is 25.5. The van der Waals surface area contributed by atoms with Crippen LogP contribution in [0.3, 0.4) is 0 Å². The SMILES string of the molecule is CCC(N1CCCCC1)C1(N2CCCCC2)CCC[C@@H]2CCC3C4CCC[C@@]4(C)CCC3[C@]21C. The van der Waals surface area contributed by atoms with Gasteiger partial charge in [-0.05, 0) is 144 Å². The molecule has 0 aromatic carbocycles. The summed E-state index contributed by atoms with van der Waals surface area (Å²) in [6, 6.07) is 0.786. The highest BCUT2D eigenvalue weighted by molar-refractivity contribution is 5.21. The van der Waals surface area contributed by atoms with Crippen molar-refractivity contribution in [3.63, 3.8) is 0 Å². The summed E-state index contributed by atoms with van der Waals surface area (Å²) < 4.78 is 0. The third-order valence-corrected chi connectivity index (χ3v) is 13.4. The second kappa shape index (κ2) is 9.34. The smallest absolute Gasteiger partial charge is 0.0423 e. The maximum absolute atomic E-state index is 3.19. The van der Waals surface area contributed by atoms with Crippen LogP contribution >= 0.6 is 0 Å². The molecule has 0 spiro atoms. The highest BCUT2D eigenvalue weighted by atomic mass is 15.3. The molecule has 0 N–H and O–H groups in total. The zero-order valence-corrected chi connectivity index (χ0v) is 23.1. The first-order valence-electron chi connectivity index (χ1n) is 16.0. The number of likely N-dealkylation sites (tertiary alicyclic amines) is 2. The van der Waals surface area contributed by atoms with Gasteiger partial charge in [0, 0.05) is 11.6 Å². The third kappa shape index (κ3) is 3.46. The fraction of sp³-hybridized carbons (Fsp3) is 1.00. The molecule has 194 valence electrons. The summed E-state index contributed by atoms with van der Waals surface area (Å²) in [4.78, 5) is 6.24. The van der Waals surface area contributed by atoms with E-state index in [0.29, 0.717) is 16.4 Å². The number of hydrogen-bond donors (Lipinski definition) is 0. The van der Waals surface area contributed by atoms with Crippen LogP contribution in [0.5, 0.6) is 0 Å². The molecule has 6 aliphatic rings. The second-order valence-electron chi connectivity index (χ2n) is 14.4. The topological polar surface area (TPSA) is 6.48 Å². The van der Waals surface area contributed by atoms with Gasteiger partial charge in [0.25, 0.3) is 0 Å². The van der Waals surface area contributed by atoms with Crippen LogP contribution in [0.2, 0.25) is 0 Å². The van der Waals surface area contributed by atoms with Crippen LogP contribution in [0, 0.1) is 34.5 Å². The van der Waals surface area contributed by atoms with Crippen molar-refractivity contribution in [2.75, 3.05) is 26.2 Å². The molecule has 0 amide bonds. The van der Waals surface area contributed by atoms with Crippen LogP contribution < -0.4 is 0 Å². The maximum Gasteiger partial charge on any atom is 0.0423 e. The van der Waals surface area contributed by atoms with E-state index in [-0.39, 0.29) is 0 Å². The monoisotopic (exact) mass is 468 g/mol. The first-order valence-corrected chi connectivity index (χ1v) is 16.0. The molecule has 6 rings (SSSR count). The van der Waals surface area contributed by atoms with Crippen molar-refractivity contribution in [2.45, 2.75) is 142 Å². The molecule has 2 nitrogen and oxygen atoms in total. The van der Waals surface area contributed by atoms with Crippen LogP contribution in [0.25, 0.3) is 0 Å². The van der Waals surface area contributed by atoms with E-state index >= 15 is 0 Å². The molecule has 0 aromatic heterocycles. The molecule has 5 unspecified atom stereocenters. The standard InChI is InChI=1S/C32H56N2/c1-4-29(33-21-7-5-8-22-33)32(34-23-9-6-10-24-34)19-11-13-25-15-16-26-27-14-12-18-30(27,2)20-17-28(26)31(25,32)3/h25-29H,4-24H2,1-3H3/t25-,26?,27?,28?,29?,30+,31+,32?/m1/s1. The Kier molecular flexibility index (Phi) is 6.67. The highest BCUT2D eigenvalue weighted by Crippen LogP contribution is 2.70. The lowest BCUT2D eigenvalue weighted by Gasteiger charge is -2.72. The molecule has 8 atom stereocenters. The second-order valence-corrected chi connectivity index (χ2v) is 14.4. The average Bonchev–Trinajstić information content (AvgIpc) is 3.28. The number of rotatable bonds is 4. The van der Waals surface area contributed by atoms with E-state index < -0.39 is 0 Å². The Balaban J connectivity index is 1.45. The van der Waals surface area contributed by atoms with Gasteiger partial charge >= 0.3 is 0 Å². The van der Waals surface area contributed by atoms with Crippen molar-refractivity contribution in [1.82, 2.24) is 9.80 Å². The molecule has 4 saturated carbocycles. The van der Waals surface area contributed by atoms with Gasteiger partial charge < -0.3 is 0 Å². The zero-order chi connectivity index (χ0) is 23.4. The van der Waals surface area contributed by atoms with Gasteiger partial charge in [-0.3, -0.25) is 9.80 Å². The Bertz CT molecular complexity index is 708.